The predicted molar refractivity (Wildman–Crippen MR) is 72.7 cm³/mol. The zero-order valence-corrected chi connectivity index (χ0v) is 11.7. The van der Waals surface area contributed by atoms with Crippen LogP contribution in [0.25, 0.3) is 0 Å². The van der Waals surface area contributed by atoms with Gasteiger partial charge in [0.15, 0.2) is 5.82 Å². The van der Waals surface area contributed by atoms with E-state index in [-0.39, 0.29) is 0 Å². The summed E-state index contributed by atoms with van der Waals surface area (Å²) in [5, 5.41) is 14.7. The molecule has 5 nitrogen and oxygen atoms in total. The summed E-state index contributed by atoms with van der Waals surface area (Å²) >= 11 is 0. The van der Waals surface area contributed by atoms with Crippen LogP contribution in [0.15, 0.2) is 18.5 Å². The lowest BCUT2D eigenvalue weighted by atomic mass is 10.1. The molecule has 1 N–H and O–H groups in total. The lowest BCUT2D eigenvalue weighted by Crippen LogP contribution is -2.11. The van der Waals surface area contributed by atoms with Gasteiger partial charge in [-0.2, -0.15) is 5.10 Å². The Balaban J connectivity index is 2.15. The highest BCUT2D eigenvalue weighted by Crippen LogP contribution is 2.16. The predicted octanol–water partition coefficient (Wildman–Crippen LogP) is 1.84. The van der Waals surface area contributed by atoms with Gasteiger partial charge in [-0.3, -0.25) is 4.68 Å². The van der Waals surface area contributed by atoms with Crippen LogP contribution < -0.4 is 0 Å². The Morgan fingerprint density at radius 2 is 1.95 bits per heavy atom. The van der Waals surface area contributed by atoms with Crippen LogP contribution in [-0.2, 0) is 19.4 Å². The minimum Gasteiger partial charge on any atom is -0.385 e. The molecule has 0 aliphatic heterocycles. The van der Waals surface area contributed by atoms with E-state index in [1.165, 1.54) is 0 Å². The van der Waals surface area contributed by atoms with Gasteiger partial charge in [0.05, 0.1) is 5.69 Å². The number of aliphatic hydroxyl groups is 1. The Morgan fingerprint density at radius 3 is 2.53 bits per heavy atom. The van der Waals surface area contributed by atoms with Crippen molar-refractivity contribution in [2.45, 2.75) is 46.3 Å². The highest BCUT2D eigenvalue weighted by molar-refractivity contribution is 5.13. The van der Waals surface area contributed by atoms with E-state index >= 15 is 0 Å². The van der Waals surface area contributed by atoms with Gasteiger partial charge >= 0.3 is 0 Å². The fourth-order valence-corrected chi connectivity index (χ4v) is 1.99. The molecular weight excluding hydrogens is 240 g/mol. The third kappa shape index (κ3) is 3.17. The molecule has 5 heteroatoms. The van der Waals surface area contributed by atoms with E-state index in [1.807, 2.05) is 24.6 Å². The first-order valence-electron chi connectivity index (χ1n) is 6.66. The number of aliphatic hydroxyl groups excluding tert-OH is 1. The van der Waals surface area contributed by atoms with Crippen LogP contribution in [0.4, 0.5) is 0 Å². The van der Waals surface area contributed by atoms with Crippen LogP contribution >= 0.6 is 0 Å². The van der Waals surface area contributed by atoms with Gasteiger partial charge in [0.25, 0.3) is 0 Å². The molecule has 1 unspecified atom stereocenters. The maximum atomic E-state index is 10.2. The molecule has 0 spiro atoms. The quantitative estimate of drug-likeness (QED) is 0.891. The Hall–Kier alpha value is -1.75. The molecule has 0 amide bonds. The largest absolute Gasteiger partial charge is 0.385 e. The van der Waals surface area contributed by atoms with E-state index in [0.717, 1.165) is 29.9 Å². The second-order valence-electron chi connectivity index (χ2n) is 4.63. The number of nitrogens with zero attached hydrogens (tertiary/aromatic N) is 4. The van der Waals surface area contributed by atoms with Gasteiger partial charge < -0.3 is 5.11 Å². The second kappa shape index (κ2) is 5.93. The molecule has 0 aliphatic rings. The molecule has 1 atom stereocenters. The summed E-state index contributed by atoms with van der Waals surface area (Å²) in [5.41, 5.74) is 3.06. The first kappa shape index (κ1) is 13.7. The maximum absolute atomic E-state index is 10.2. The van der Waals surface area contributed by atoms with E-state index in [1.54, 1.807) is 12.4 Å². The van der Waals surface area contributed by atoms with E-state index in [9.17, 15) is 5.11 Å². The van der Waals surface area contributed by atoms with Gasteiger partial charge in [-0.05, 0) is 31.9 Å². The summed E-state index contributed by atoms with van der Waals surface area (Å²) < 4.78 is 1.93. The fourth-order valence-electron chi connectivity index (χ4n) is 1.99. The van der Waals surface area contributed by atoms with E-state index in [0.29, 0.717) is 12.2 Å². The molecule has 19 heavy (non-hydrogen) atoms. The van der Waals surface area contributed by atoms with Crippen LogP contribution in [0.1, 0.15) is 42.7 Å². The Kier molecular flexibility index (Phi) is 4.27. The van der Waals surface area contributed by atoms with Crippen molar-refractivity contribution in [2.75, 3.05) is 0 Å². The number of aryl methyl sites for hydroxylation is 3. The smallest absolute Gasteiger partial charge is 0.157 e. The monoisotopic (exact) mass is 260 g/mol. The Morgan fingerprint density at radius 1 is 1.26 bits per heavy atom. The lowest BCUT2D eigenvalue weighted by molar-refractivity contribution is 0.165. The third-order valence-electron chi connectivity index (χ3n) is 3.08. The Bertz CT molecular complexity index is 533. The lowest BCUT2D eigenvalue weighted by Gasteiger charge is -2.10. The minimum atomic E-state index is -0.688. The summed E-state index contributed by atoms with van der Waals surface area (Å²) in [7, 11) is 0. The normalized spacial score (nSPS) is 12.6. The summed E-state index contributed by atoms with van der Waals surface area (Å²) in [5.74, 6) is 0.465. The fraction of sp³-hybridized carbons (Fsp3) is 0.500. The van der Waals surface area contributed by atoms with Crippen molar-refractivity contribution in [1.29, 1.82) is 0 Å². The van der Waals surface area contributed by atoms with E-state index in [4.69, 9.17) is 0 Å². The second-order valence-corrected chi connectivity index (χ2v) is 4.63. The molecule has 0 fully saturated rings. The summed E-state index contributed by atoms with van der Waals surface area (Å²) in [4.78, 5) is 8.33. The molecule has 0 saturated carbocycles. The molecule has 0 radical (unpaired) electrons. The number of rotatable bonds is 5. The average molecular weight is 260 g/mol. The zero-order chi connectivity index (χ0) is 13.8. The summed E-state index contributed by atoms with van der Waals surface area (Å²) in [6.45, 7) is 6.85. The molecule has 2 aromatic heterocycles. The molecule has 2 heterocycles. The third-order valence-corrected chi connectivity index (χ3v) is 3.08. The first-order valence-corrected chi connectivity index (χ1v) is 6.66. The van der Waals surface area contributed by atoms with Crippen LogP contribution in [0.5, 0.6) is 0 Å². The van der Waals surface area contributed by atoms with Crippen LogP contribution in [0.2, 0.25) is 0 Å². The maximum Gasteiger partial charge on any atom is 0.157 e. The number of hydrogen-bond acceptors (Lipinski definition) is 4. The van der Waals surface area contributed by atoms with Crippen molar-refractivity contribution in [3.05, 3.63) is 41.2 Å². The minimum absolute atomic E-state index is 0.465. The average Bonchev–Trinajstić information content (AvgIpc) is 2.81. The van der Waals surface area contributed by atoms with Crippen LogP contribution in [0.3, 0.4) is 0 Å². The summed E-state index contributed by atoms with van der Waals surface area (Å²) in [6.07, 6.45) is 4.15. The highest BCUT2D eigenvalue weighted by atomic mass is 16.3. The van der Waals surface area contributed by atoms with Gasteiger partial charge in [0, 0.05) is 31.1 Å². The van der Waals surface area contributed by atoms with Gasteiger partial charge in [-0.1, -0.05) is 6.92 Å². The molecule has 0 saturated heterocycles. The van der Waals surface area contributed by atoms with E-state index in [2.05, 4.69) is 22.0 Å². The van der Waals surface area contributed by atoms with Crippen molar-refractivity contribution in [3.63, 3.8) is 0 Å². The highest BCUT2D eigenvalue weighted by Gasteiger charge is 2.15. The Labute approximate surface area is 113 Å². The van der Waals surface area contributed by atoms with Gasteiger partial charge in [0.2, 0.25) is 0 Å². The van der Waals surface area contributed by atoms with E-state index < -0.39 is 6.10 Å². The van der Waals surface area contributed by atoms with Gasteiger partial charge in [-0.15, -0.1) is 0 Å². The van der Waals surface area contributed by atoms with Crippen molar-refractivity contribution < 1.29 is 5.11 Å². The molecule has 0 aromatic carbocycles. The standard InChI is InChI=1S/C14H20N4O/c1-4-11-6-12(18(5-2)17-11)7-13(19)14-15-8-10(3)9-16-14/h6,8-9,13,19H,4-5,7H2,1-3H3. The molecule has 0 bridgehead atoms. The van der Waals surface area contributed by atoms with Gasteiger partial charge in [-0.25, -0.2) is 9.97 Å². The van der Waals surface area contributed by atoms with Crippen LogP contribution in [0, 0.1) is 6.92 Å². The number of aromatic nitrogens is 4. The number of hydrogen-bond donors (Lipinski definition) is 1. The first-order chi connectivity index (χ1) is 9.13. The van der Waals surface area contributed by atoms with Gasteiger partial charge in [0.1, 0.15) is 6.10 Å². The molecule has 0 aliphatic carbocycles. The zero-order valence-electron chi connectivity index (χ0n) is 11.7. The van der Waals surface area contributed by atoms with Crippen molar-refractivity contribution in [1.82, 2.24) is 19.7 Å². The summed E-state index contributed by atoms with van der Waals surface area (Å²) in [6, 6.07) is 2.04. The van der Waals surface area contributed by atoms with Crippen LogP contribution in [-0.4, -0.2) is 24.9 Å². The molecule has 2 rings (SSSR count). The molecular formula is C14H20N4O. The molecule has 102 valence electrons. The molecule has 2 aromatic rings. The SMILES string of the molecule is CCc1cc(CC(O)c2ncc(C)cn2)n(CC)n1. The van der Waals surface area contributed by atoms with Crippen molar-refractivity contribution >= 4 is 0 Å². The topological polar surface area (TPSA) is 63.8 Å². The van der Waals surface area contributed by atoms with Crippen molar-refractivity contribution in [2.24, 2.45) is 0 Å². The van der Waals surface area contributed by atoms with Crippen molar-refractivity contribution in [3.8, 4) is 0 Å².